The van der Waals surface area contributed by atoms with Crippen molar-refractivity contribution >= 4 is 30.7 Å². The first-order valence-corrected chi connectivity index (χ1v) is 3.78. The highest BCUT2D eigenvalue weighted by molar-refractivity contribution is 5.86. The van der Waals surface area contributed by atoms with Gasteiger partial charge in [-0.3, -0.25) is 9.69 Å². The molecule has 1 aliphatic rings. The fourth-order valence-electron chi connectivity index (χ4n) is 1.49. The second-order valence-electron chi connectivity index (χ2n) is 3.22. The number of primary amides is 1. The third-order valence-electron chi connectivity index (χ3n) is 2.45. The molecule has 1 heterocycles. The molecule has 0 radical (unpaired) electrons. The molecule has 0 aliphatic carbocycles. The van der Waals surface area contributed by atoms with Gasteiger partial charge in [0.05, 0.1) is 0 Å². The summed E-state index contributed by atoms with van der Waals surface area (Å²) in [4.78, 5) is 13.0. The van der Waals surface area contributed by atoms with Gasteiger partial charge in [-0.05, 0) is 27.1 Å². The van der Waals surface area contributed by atoms with Gasteiger partial charge in [0.25, 0.3) is 0 Å². The van der Waals surface area contributed by atoms with Crippen LogP contribution < -0.4 is 11.1 Å². The van der Waals surface area contributed by atoms with Crippen LogP contribution in [0.25, 0.3) is 0 Å². The largest absolute Gasteiger partial charge is 0.368 e. The van der Waals surface area contributed by atoms with E-state index >= 15 is 0 Å². The minimum absolute atomic E-state index is 0. The first-order chi connectivity index (χ1) is 5.09. The number of hydrogen-bond acceptors (Lipinski definition) is 3. The van der Waals surface area contributed by atoms with Crippen LogP contribution in [0, 0.1) is 0 Å². The summed E-state index contributed by atoms with van der Waals surface area (Å²) in [5.74, 6) is -0.229. The third-order valence-corrected chi connectivity index (χ3v) is 2.45. The highest BCUT2D eigenvalue weighted by Gasteiger charge is 2.41. The van der Waals surface area contributed by atoms with Crippen molar-refractivity contribution < 1.29 is 4.79 Å². The number of nitrogens with two attached hydrogens (primary N) is 1. The lowest BCUT2D eigenvalue weighted by molar-refractivity contribution is -0.127. The maximum Gasteiger partial charge on any atom is 0.239 e. The number of likely N-dealkylation sites (N-methyl/N-ethyl adjacent to an activating group) is 1. The Balaban J connectivity index is 0. The van der Waals surface area contributed by atoms with E-state index in [1.807, 2.05) is 19.0 Å². The SMILES string of the molecule is CN(C)C1(C(N)=O)CCNC1.Cl.Cl. The van der Waals surface area contributed by atoms with Gasteiger partial charge in [0, 0.05) is 6.54 Å². The number of hydrogen-bond donors (Lipinski definition) is 2. The normalized spacial score (nSPS) is 26.4. The van der Waals surface area contributed by atoms with Gasteiger partial charge in [-0.2, -0.15) is 0 Å². The Morgan fingerprint density at radius 2 is 2.00 bits per heavy atom. The van der Waals surface area contributed by atoms with E-state index < -0.39 is 5.54 Å². The van der Waals surface area contributed by atoms with Crippen LogP contribution in [0.15, 0.2) is 0 Å². The van der Waals surface area contributed by atoms with E-state index in [4.69, 9.17) is 5.73 Å². The quantitative estimate of drug-likeness (QED) is 0.679. The summed E-state index contributed by atoms with van der Waals surface area (Å²) in [5, 5.41) is 3.13. The van der Waals surface area contributed by atoms with Gasteiger partial charge in [-0.1, -0.05) is 0 Å². The van der Waals surface area contributed by atoms with Crippen LogP contribution in [0.2, 0.25) is 0 Å². The molecule has 0 aromatic carbocycles. The second-order valence-corrected chi connectivity index (χ2v) is 3.22. The van der Waals surface area contributed by atoms with Gasteiger partial charge >= 0.3 is 0 Å². The maximum atomic E-state index is 11.1. The monoisotopic (exact) mass is 229 g/mol. The third kappa shape index (κ3) is 2.71. The summed E-state index contributed by atoms with van der Waals surface area (Å²) >= 11 is 0. The Bertz CT molecular complexity index is 169. The van der Waals surface area contributed by atoms with E-state index in [-0.39, 0.29) is 30.7 Å². The van der Waals surface area contributed by atoms with Crippen LogP contribution in [0.1, 0.15) is 6.42 Å². The number of nitrogens with one attached hydrogen (secondary N) is 1. The fourth-order valence-corrected chi connectivity index (χ4v) is 1.49. The van der Waals surface area contributed by atoms with Crippen LogP contribution in [0.3, 0.4) is 0 Å². The zero-order chi connectivity index (χ0) is 8.48. The Morgan fingerprint density at radius 1 is 1.46 bits per heavy atom. The van der Waals surface area contributed by atoms with Gasteiger partial charge in [-0.15, -0.1) is 24.8 Å². The van der Waals surface area contributed by atoms with Gasteiger partial charge < -0.3 is 11.1 Å². The Labute approximate surface area is 91.0 Å². The Hall–Kier alpha value is -0.0300. The molecule has 0 bridgehead atoms. The molecule has 0 aromatic heterocycles. The number of rotatable bonds is 2. The molecule has 1 rings (SSSR count). The molecule has 0 saturated carbocycles. The second kappa shape index (κ2) is 5.65. The zero-order valence-corrected chi connectivity index (χ0v) is 9.50. The maximum absolute atomic E-state index is 11.1. The number of carbonyl (C=O) groups excluding carboxylic acids is 1. The van der Waals surface area contributed by atoms with Crippen molar-refractivity contribution in [3.63, 3.8) is 0 Å². The summed E-state index contributed by atoms with van der Waals surface area (Å²) in [7, 11) is 3.77. The van der Waals surface area contributed by atoms with Crippen molar-refractivity contribution in [3.8, 4) is 0 Å². The Morgan fingerprint density at radius 3 is 2.15 bits per heavy atom. The lowest BCUT2D eigenvalue weighted by Gasteiger charge is -2.31. The molecule has 3 N–H and O–H groups in total. The Kier molecular flexibility index (Phi) is 6.71. The highest BCUT2D eigenvalue weighted by atomic mass is 35.5. The van der Waals surface area contributed by atoms with Crippen LogP contribution >= 0.6 is 24.8 Å². The molecule has 1 aliphatic heterocycles. The number of amides is 1. The van der Waals surface area contributed by atoms with Gasteiger partial charge in [0.1, 0.15) is 5.54 Å². The molecule has 1 unspecified atom stereocenters. The number of carbonyl (C=O) groups is 1. The van der Waals surface area contributed by atoms with E-state index in [2.05, 4.69) is 5.32 Å². The van der Waals surface area contributed by atoms with Gasteiger partial charge in [-0.25, -0.2) is 0 Å². The van der Waals surface area contributed by atoms with Crippen molar-refractivity contribution in [2.45, 2.75) is 12.0 Å². The first-order valence-electron chi connectivity index (χ1n) is 3.78. The van der Waals surface area contributed by atoms with E-state index in [0.717, 1.165) is 13.0 Å². The smallest absolute Gasteiger partial charge is 0.239 e. The first kappa shape index (κ1) is 15.4. The molecule has 4 nitrogen and oxygen atoms in total. The molecule has 13 heavy (non-hydrogen) atoms. The minimum Gasteiger partial charge on any atom is -0.368 e. The molecule has 1 amide bonds. The summed E-state index contributed by atoms with van der Waals surface area (Å²) in [5.41, 5.74) is 4.87. The minimum atomic E-state index is -0.444. The summed E-state index contributed by atoms with van der Waals surface area (Å²) in [6, 6.07) is 0. The van der Waals surface area contributed by atoms with E-state index in [9.17, 15) is 4.79 Å². The van der Waals surface area contributed by atoms with Crippen molar-refractivity contribution in [1.82, 2.24) is 10.2 Å². The van der Waals surface area contributed by atoms with Crippen LogP contribution in [0.5, 0.6) is 0 Å². The lowest BCUT2D eigenvalue weighted by Crippen LogP contribution is -2.56. The average molecular weight is 230 g/mol. The molecule has 1 saturated heterocycles. The van der Waals surface area contributed by atoms with E-state index in [0.29, 0.717) is 6.54 Å². The average Bonchev–Trinajstić information content (AvgIpc) is 2.34. The number of halogens is 2. The predicted molar refractivity (Wildman–Crippen MR) is 57.6 cm³/mol. The fraction of sp³-hybridized carbons (Fsp3) is 0.857. The van der Waals surface area contributed by atoms with Crippen molar-refractivity contribution in [1.29, 1.82) is 0 Å². The van der Waals surface area contributed by atoms with Gasteiger partial charge in [0.15, 0.2) is 0 Å². The summed E-state index contributed by atoms with van der Waals surface area (Å²) in [6.07, 6.45) is 0.815. The molecule has 1 atom stereocenters. The van der Waals surface area contributed by atoms with E-state index in [1.165, 1.54) is 0 Å². The van der Waals surface area contributed by atoms with Gasteiger partial charge in [0.2, 0.25) is 5.91 Å². The molecule has 0 aromatic rings. The van der Waals surface area contributed by atoms with Crippen molar-refractivity contribution in [2.24, 2.45) is 5.73 Å². The van der Waals surface area contributed by atoms with Crippen LogP contribution in [-0.4, -0.2) is 43.5 Å². The molecular weight excluding hydrogens is 213 g/mol. The molecule has 6 heteroatoms. The lowest BCUT2D eigenvalue weighted by atomic mass is 9.96. The standard InChI is InChI=1S/C7H15N3O.2ClH/c1-10(2)7(6(8)11)3-4-9-5-7;;/h9H,3-5H2,1-2H3,(H2,8,11);2*1H. The molecule has 0 spiro atoms. The van der Waals surface area contributed by atoms with Crippen LogP contribution in [-0.2, 0) is 4.79 Å². The molecule has 1 fully saturated rings. The molecule has 80 valence electrons. The predicted octanol–water partition coefficient (Wildman–Crippen LogP) is -0.391. The zero-order valence-electron chi connectivity index (χ0n) is 7.87. The summed E-state index contributed by atoms with van der Waals surface area (Å²) in [6.45, 7) is 1.55. The molecular formula is C7H17Cl2N3O. The van der Waals surface area contributed by atoms with Crippen molar-refractivity contribution in [2.75, 3.05) is 27.2 Å². The highest BCUT2D eigenvalue weighted by Crippen LogP contribution is 2.19. The van der Waals surface area contributed by atoms with Crippen molar-refractivity contribution in [3.05, 3.63) is 0 Å². The number of nitrogens with zero attached hydrogens (tertiary/aromatic N) is 1. The topological polar surface area (TPSA) is 58.4 Å². The van der Waals surface area contributed by atoms with Crippen LogP contribution in [0.4, 0.5) is 0 Å². The summed E-state index contributed by atoms with van der Waals surface area (Å²) < 4.78 is 0. The van der Waals surface area contributed by atoms with E-state index in [1.54, 1.807) is 0 Å².